The fourth-order valence-electron chi connectivity index (χ4n) is 3.09. The number of hydrogen-bond acceptors (Lipinski definition) is 4. The molecule has 1 aromatic heterocycles. The summed E-state index contributed by atoms with van der Waals surface area (Å²) in [5, 5.41) is 3.34. The summed E-state index contributed by atoms with van der Waals surface area (Å²) in [6, 6.07) is 10.9. The lowest BCUT2D eigenvalue weighted by atomic mass is 10.2. The van der Waals surface area contributed by atoms with Crippen molar-refractivity contribution in [1.82, 2.24) is 15.2 Å². The predicted octanol–water partition coefficient (Wildman–Crippen LogP) is 2.52. The molecule has 0 aliphatic carbocycles. The summed E-state index contributed by atoms with van der Waals surface area (Å²) in [5.74, 6) is 1.75. The van der Waals surface area contributed by atoms with Crippen LogP contribution in [0.25, 0.3) is 0 Å². The van der Waals surface area contributed by atoms with Crippen LogP contribution >= 0.6 is 0 Å². The molecule has 1 saturated heterocycles. The Balaban J connectivity index is 1.63. The second-order valence-corrected chi connectivity index (χ2v) is 6.30. The number of piperazine rings is 1. The maximum atomic E-state index is 13.9. The third kappa shape index (κ3) is 4.87. The number of nitrogens with one attached hydrogen (secondary N) is 1. The van der Waals surface area contributed by atoms with E-state index in [0.717, 1.165) is 50.1 Å². The highest BCUT2D eigenvalue weighted by molar-refractivity contribution is 5.80. The Morgan fingerprint density at radius 1 is 1.22 bits per heavy atom. The Labute approximate surface area is 159 Å². The van der Waals surface area contributed by atoms with Crippen molar-refractivity contribution in [2.75, 3.05) is 44.7 Å². The van der Waals surface area contributed by atoms with Gasteiger partial charge < -0.3 is 19.9 Å². The van der Waals surface area contributed by atoms with Gasteiger partial charge in [0.15, 0.2) is 17.5 Å². The first-order valence-electron chi connectivity index (χ1n) is 9.23. The zero-order valence-corrected chi connectivity index (χ0v) is 15.9. The van der Waals surface area contributed by atoms with Crippen molar-refractivity contribution in [2.24, 2.45) is 4.99 Å². The number of rotatable bonds is 5. The summed E-state index contributed by atoms with van der Waals surface area (Å²) >= 11 is 0. The molecule has 0 saturated carbocycles. The Morgan fingerprint density at radius 2 is 2.04 bits per heavy atom. The summed E-state index contributed by atoms with van der Waals surface area (Å²) in [7, 11) is 1.46. The number of nitrogens with zero attached hydrogens (tertiary/aromatic N) is 4. The van der Waals surface area contributed by atoms with Gasteiger partial charge in [0.2, 0.25) is 0 Å². The highest BCUT2D eigenvalue weighted by Crippen LogP contribution is 2.18. The number of aromatic nitrogens is 1. The lowest BCUT2D eigenvalue weighted by Crippen LogP contribution is -2.52. The molecule has 7 heteroatoms. The number of pyridine rings is 1. The molecule has 0 bridgehead atoms. The molecule has 2 heterocycles. The molecule has 1 aliphatic heterocycles. The van der Waals surface area contributed by atoms with E-state index in [1.807, 2.05) is 37.4 Å². The molecule has 1 aromatic carbocycles. The van der Waals surface area contributed by atoms with Crippen LogP contribution in [0.2, 0.25) is 0 Å². The van der Waals surface area contributed by atoms with Crippen LogP contribution in [0, 0.1) is 5.82 Å². The number of methoxy groups -OCH3 is 1. The third-order valence-electron chi connectivity index (χ3n) is 4.51. The first kappa shape index (κ1) is 18.9. The lowest BCUT2D eigenvalue weighted by molar-refractivity contribution is 0.371. The van der Waals surface area contributed by atoms with Crippen LogP contribution in [0.5, 0.6) is 5.75 Å². The number of guanidine groups is 1. The fraction of sp³-hybridized carbons (Fsp3) is 0.400. The molecule has 1 aliphatic rings. The van der Waals surface area contributed by atoms with Crippen molar-refractivity contribution < 1.29 is 9.13 Å². The Hall–Kier alpha value is -2.83. The maximum absolute atomic E-state index is 13.9. The summed E-state index contributed by atoms with van der Waals surface area (Å²) < 4.78 is 18.8. The number of hydrogen-bond donors (Lipinski definition) is 1. The molecule has 0 radical (unpaired) electrons. The van der Waals surface area contributed by atoms with Crippen molar-refractivity contribution in [2.45, 2.75) is 13.5 Å². The van der Waals surface area contributed by atoms with E-state index in [1.165, 1.54) is 13.2 Å². The quantitative estimate of drug-likeness (QED) is 0.647. The molecule has 6 nitrogen and oxygen atoms in total. The molecular weight excluding hydrogens is 345 g/mol. The van der Waals surface area contributed by atoms with Gasteiger partial charge >= 0.3 is 0 Å². The molecule has 1 N–H and O–H groups in total. The van der Waals surface area contributed by atoms with E-state index in [1.54, 1.807) is 6.07 Å². The minimum Gasteiger partial charge on any atom is -0.494 e. The van der Waals surface area contributed by atoms with Gasteiger partial charge in [0.1, 0.15) is 5.82 Å². The minimum absolute atomic E-state index is 0.250. The topological polar surface area (TPSA) is 53.0 Å². The van der Waals surface area contributed by atoms with Gasteiger partial charge in [-0.15, -0.1) is 0 Å². The van der Waals surface area contributed by atoms with E-state index in [2.05, 4.69) is 20.1 Å². The normalized spacial score (nSPS) is 15.0. The second-order valence-electron chi connectivity index (χ2n) is 6.30. The SMILES string of the molecule is CCNC(=NCc1ccc(OC)c(F)c1)N1CCN(c2ccccn2)CC1. The van der Waals surface area contributed by atoms with E-state index in [0.29, 0.717) is 6.54 Å². The monoisotopic (exact) mass is 371 g/mol. The highest BCUT2D eigenvalue weighted by Gasteiger charge is 2.20. The summed E-state index contributed by atoms with van der Waals surface area (Å²) in [6.07, 6.45) is 1.82. The molecule has 0 spiro atoms. The average molecular weight is 371 g/mol. The molecule has 27 heavy (non-hydrogen) atoms. The van der Waals surface area contributed by atoms with Crippen molar-refractivity contribution in [1.29, 1.82) is 0 Å². The van der Waals surface area contributed by atoms with Gasteiger partial charge in [-0.2, -0.15) is 0 Å². The van der Waals surface area contributed by atoms with Gasteiger partial charge in [0.25, 0.3) is 0 Å². The summed E-state index contributed by atoms with van der Waals surface area (Å²) in [4.78, 5) is 13.6. The van der Waals surface area contributed by atoms with Crippen molar-refractivity contribution in [3.63, 3.8) is 0 Å². The van der Waals surface area contributed by atoms with Gasteiger partial charge in [0, 0.05) is 38.9 Å². The van der Waals surface area contributed by atoms with Crippen LogP contribution in [-0.2, 0) is 6.54 Å². The largest absolute Gasteiger partial charge is 0.494 e. The molecule has 144 valence electrons. The van der Waals surface area contributed by atoms with Crippen LogP contribution in [0.1, 0.15) is 12.5 Å². The van der Waals surface area contributed by atoms with E-state index in [-0.39, 0.29) is 11.6 Å². The Bertz CT molecular complexity index is 760. The number of ether oxygens (including phenoxy) is 1. The zero-order valence-electron chi connectivity index (χ0n) is 15.9. The molecule has 0 atom stereocenters. The standard InChI is InChI=1S/C20H26FN5O/c1-3-22-20(24-15-16-7-8-18(27-2)17(21)14-16)26-12-10-25(11-13-26)19-6-4-5-9-23-19/h4-9,14H,3,10-13,15H2,1-2H3,(H,22,24). The van der Waals surface area contributed by atoms with Crippen LogP contribution in [0.4, 0.5) is 10.2 Å². The van der Waals surface area contributed by atoms with Gasteiger partial charge in [-0.25, -0.2) is 14.4 Å². The molecule has 0 unspecified atom stereocenters. The van der Waals surface area contributed by atoms with Crippen molar-refractivity contribution in [3.05, 3.63) is 54.0 Å². The number of benzene rings is 1. The molecule has 0 amide bonds. The highest BCUT2D eigenvalue weighted by atomic mass is 19.1. The molecule has 2 aromatic rings. The summed E-state index contributed by atoms with van der Waals surface area (Å²) in [5.41, 5.74) is 0.816. The van der Waals surface area contributed by atoms with Crippen molar-refractivity contribution >= 4 is 11.8 Å². The van der Waals surface area contributed by atoms with Crippen molar-refractivity contribution in [3.8, 4) is 5.75 Å². The zero-order chi connectivity index (χ0) is 19.1. The van der Waals surface area contributed by atoms with Crippen LogP contribution in [-0.4, -0.2) is 55.7 Å². The maximum Gasteiger partial charge on any atom is 0.194 e. The lowest BCUT2D eigenvalue weighted by Gasteiger charge is -2.37. The number of halogens is 1. The van der Waals surface area contributed by atoms with E-state index in [4.69, 9.17) is 9.73 Å². The minimum atomic E-state index is -0.362. The van der Waals surface area contributed by atoms with Crippen LogP contribution in [0.3, 0.4) is 0 Å². The van der Waals surface area contributed by atoms with Gasteiger partial charge in [0.05, 0.1) is 13.7 Å². The fourth-order valence-corrected chi connectivity index (χ4v) is 3.09. The molecule has 3 rings (SSSR count). The molecular formula is C20H26FN5O. The van der Waals surface area contributed by atoms with Crippen LogP contribution < -0.4 is 15.0 Å². The third-order valence-corrected chi connectivity index (χ3v) is 4.51. The van der Waals surface area contributed by atoms with Crippen LogP contribution in [0.15, 0.2) is 47.6 Å². The number of aliphatic imine (C=N–C) groups is 1. The first-order valence-corrected chi connectivity index (χ1v) is 9.23. The second kappa shape index (κ2) is 9.21. The first-order chi connectivity index (χ1) is 13.2. The van der Waals surface area contributed by atoms with E-state index >= 15 is 0 Å². The Morgan fingerprint density at radius 3 is 2.67 bits per heavy atom. The van der Waals surface area contributed by atoms with Gasteiger partial charge in [-0.1, -0.05) is 12.1 Å². The smallest absolute Gasteiger partial charge is 0.194 e. The van der Waals surface area contributed by atoms with E-state index in [9.17, 15) is 4.39 Å². The van der Waals surface area contributed by atoms with E-state index < -0.39 is 0 Å². The average Bonchev–Trinajstić information content (AvgIpc) is 2.72. The summed E-state index contributed by atoms with van der Waals surface area (Å²) in [6.45, 7) is 6.75. The predicted molar refractivity (Wildman–Crippen MR) is 106 cm³/mol. The van der Waals surface area contributed by atoms with Gasteiger partial charge in [-0.05, 0) is 36.8 Å². The Kier molecular flexibility index (Phi) is 6.46. The van der Waals surface area contributed by atoms with Gasteiger partial charge in [-0.3, -0.25) is 0 Å². The number of anilines is 1. The molecule has 1 fully saturated rings.